The molecule has 1 saturated carbocycles. The maximum absolute atomic E-state index is 11.8. The van der Waals surface area contributed by atoms with Gasteiger partial charge in [-0.25, -0.2) is 8.78 Å². The van der Waals surface area contributed by atoms with E-state index in [1.165, 1.54) is 0 Å². The van der Waals surface area contributed by atoms with Crippen molar-refractivity contribution in [3.8, 4) is 0 Å². The van der Waals surface area contributed by atoms with Crippen LogP contribution >= 0.6 is 12.4 Å². The molecule has 1 amide bonds. The van der Waals surface area contributed by atoms with Gasteiger partial charge in [-0.2, -0.15) is 0 Å². The lowest BCUT2D eigenvalue weighted by Crippen LogP contribution is -2.39. The topological polar surface area (TPSA) is 55.1 Å². The largest absolute Gasteiger partial charge is 0.350 e. The fourth-order valence-electron chi connectivity index (χ4n) is 1.79. The molecule has 0 spiro atoms. The minimum Gasteiger partial charge on any atom is -0.350 e. The molecule has 0 aliphatic heterocycles. The monoisotopic (exact) mass is 242 g/mol. The molecule has 15 heavy (non-hydrogen) atoms. The number of halogens is 3. The molecule has 0 radical (unpaired) electrons. The van der Waals surface area contributed by atoms with Crippen LogP contribution in [0.5, 0.6) is 0 Å². The fraction of sp³-hybridized carbons (Fsp3) is 0.889. The molecule has 1 aliphatic carbocycles. The lowest BCUT2D eigenvalue weighted by atomic mass is 9.85. The number of rotatable bonds is 3. The Balaban J connectivity index is 0.00000196. The Bertz CT molecular complexity index is 205. The molecule has 0 saturated heterocycles. The predicted octanol–water partition coefficient (Wildman–Crippen LogP) is 1.31. The molecule has 0 aromatic carbocycles. The van der Waals surface area contributed by atoms with Crippen LogP contribution < -0.4 is 11.1 Å². The van der Waals surface area contributed by atoms with Crippen LogP contribution in [0, 0.1) is 5.92 Å². The van der Waals surface area contributed by atoms with Crippen LogP contribution in [0.4, 0.5) is 8.78 Å². The van der Waals surface area contributed by atoms with Gasteiger partial charge in [-0.1, -0.05) is 6.42 Å². The van der Waals surface area contributed by atoms with E-state index in [1.807, 2.05) is 0 Å². The summed E-state index contributed by atoms with van der Waals surface area (Å²) in [5.41, 5.74) is 5.69. The Labute approximate surface area is 94.2 Å². The second-order valence-electron chi connectivity index (χ2n) is 3.76. The SMILES string of the molecule is Cl.NC1CCCC(C(=O)NCC(F)F)C1. The Morgan fingerprint density at radius 1 is 1.47 bits per heavy atom. The lowest BCUT2D eigenvalue weighted by molar-refractivity contribution is -0.126. The van der Waals surface area contributed by atoms with Crippen molar-refractivity contribution in [1.82, 2.24) is 5.32 Å². The summed E-state index contributed by atoms with van der Waals surface area (Å²) in [5.74, 6) is -0.446. The summed E-state index contributed by atoms with van der Waals surface area (Å²) in [4.78, 5) is 11.3. The van der Waals surface area contributed by atoms with Crippen LogP contribution in [0.1, 0.15) is 25.7 Å². The minimum absolute atomic E-state index is 0. The van der Waals surface area contributed by atoms with Gasteiger partial charge in [-0.3, -0.25) is 4.79 Å². The maximum atomic E-state index is 11.8. The number of hydrogen-bond acceptors (Lipinski definition) is 2. The van der Waals surface area contributed by atoms with Gasteiger partial charge in [0.2, 0.25) is 5.91 Å². The first-order valence-electron chi connectivity index (χ1n) is 4.91. The molecule has 1 aliphatic rings. The third-order valence-corrected chi connectivity index (χ3v) is 2.52. The van der Waals surface area contributed by atoms with Crippen molar-refractivity contribution < 1.29 is 13.6 Å². The van der Waals surface area contributed by atoms with Gasteiger partial charge >= 0.3 is 0 Å². The summed E-state index contributed by atoms with van der Waals surface area (Å²) in [7, 11) is 0. The number of hydrogen-bond donors (Lipinski definition) is 2. The third kappa shape index (κ3) is 5.28. The minimum atomic E-state index is -2.48. The number of alkyl halides is 2. The van der Waals surface area contributed by atoms with E-state index < -0.39 is 13.0 Å². The Morgan fingerprint density at radius 3 is 2.67 bits per heavy atom. The first-order chi connectivity index (χ1) is 6.59. The van der Waals surface area contributed by atoms with E-state index in [2.05, 4.69) is 5.32 Å². The van der Waals surface area contributed by atoms with Gasteiger partial charge in [0.05, 0.1) is 6.54 Å². The number of nitrogens with two attached hydrogens (primary N) is 1. The molecular formula is C9H17ClF2N2O. The van der Waals surface area contributed by atoms with E-state index in [4.69, 9.17) is 5.73 Å². The second kappa shape index (κ2) is 6.95. The molecular weight excluding hydrogens is 226 g/mol. The quantitative estimate of drug-likeness (QED) is 0.784. The summed E-state index contributed by atoms with van der Waals surface area (Å²) < 4.78 is 23.6. The zero-order valence-corrected chi connectivity index (χ0v) is 9.23. The highest BCUT2D eigenvalue weighted by Gasteiger charge is 2.25. The molecule has 0 heterocycles. The Kier molecular flexibility index (Phi) is 6.76. The van der Waals surface area contributed by atoms with Crippen molar-refractivity contribution in [2.24, 2.45) is 11.7 Å². The van der Waals surface area contributed by atoms with Crippen LogP contribution in [0.3, 0.4) is 0 Å². The highest BCUT2D eigenvalue weighted by atomic mass is 35.5. The van der Waals surface area contributed by atoms with Crippen LogP contribution in [-0.2, 0) is 4.79 Å². The molecule has 1 fully saturated rings. The van der Waals surface area contributed by atoms with E-state index in [1.54, 1.807) is 0 Å². The van der Waals surface area contributed by atoms with Crippen LogP contribution in [0.25, 0.3) is 0 Å². The van der Waals surface area contributed by atoms with E-state index in [9.17, 15) is 13.6 Å². The summed E-state index contributed by atoms with van der Waals surface area (Å²) in [6.07, 6.45) is 0.751. The van der Waals surface area contributed by atoms with Gasteiger partial charge in [0.25, 0.3) is 6.43 Å². The van der Waals surface area contributed by atoms with Crippen LogP contribution in [0.15, 0.2) is 0 Å². The van der Waals surface area contributed by atoms with E-state index >= 15 is 0 Å². The maximum Gasteiger partial charge on any atom is 0.255 e. The normalized spacial score (nSPS) is 25.9. The van der Waals surface area contributed by atoms with Gasteiger partial charge in [0.1, 0.15) is 0 Å². The van der Waals surface area contributed by atoms with Crippen molar-refractivity contribution in [3.05, 3.63) is 0 Å². The highest BCUT2D eigenvalue weighted by molar-refractivity contribution is 5.85. The summed E-state index contributed by atoms with van der Waals surface area (Å²) >= 11 is 0. The molecule has 6 heteroatoms. The average molecular weight is 243 g/mol. The molecule has 3 N–H and O–H groups in total. The number of nitrogens with one attached hydrogen (secondary N) is 1. The first kappa shape index (κ1) is 14.6. The van der Waals surface area contributed by atoms with Gasteiger partial charge < -0.3 is 11.1 Å². The second-order valence-corrected chi connectivity index (χ2v) is 3.76. The predicted molar refractivity (Wildman–Crippen MR) is 56.2 cm³/mol. The van der Waals surface area contributed by atoms with Crippen molar-refractivity contribution >= 4 is 18.3 Å². The molecule has 90 valence electrons. The first-order valence-corrected chi connectivity index (χ1v) is 4.91. The number of amides is 1. The summed E-state index contributed by atoms with van der Waals surface area (Å²) in [6.45, 7) is -0.551. The van der Waals surface area contributed by atoms with Crippen molar-refractivity contribution in [1.29, 1.82) is 0 Å². The zero-order valence-electron chi connectivity index (χ0n) is 8.42. The molecule has 0 aromatic heterocycles. The Hall–Kier alpha value is -0.420. The zero-order chi connectivity index (χ0) is 10.6. The average Bonchev–Trinajstić information content (AvgIpc) is 2.14. The van der Waals surface area contributed by atoms with Gasteiger partial charge in [-0.05, 0) is 19.3 Å². The molecule has 0 aromatic rings. The molecule has 2 atom stereocenters. The van der Waals surface area contributed by atoms with Gasteiger partial charge in [-0.15, -0.1) is 12.4 Å². The number of carbonyl (C=O) groups excluding carboxylic acids is 1. The molecule has 1 rings (SSSR count). The molecule has 3 nitrogen and oxygen atoms in total. The molecule has 2 unspecified atom stereocenters. The number of carbonyl (C=O) groups is 1. The van der Waals surface area contributed by atoms with E-state index in [0.29, 0.717) is 6.42 Å². The van der Waals surface area contributed by atoms with Crippen LogP contribution in [-0.4, -0.2) is 24.9 Å². The van der Waals surface area contributed by atoms with Gasteiger partial charge in [0.15, 0.2) is 0 Å². The summed E-state index contributed by atoms with van der Waals surface area (Å²) in [5, 5.41) is 2.23. The Morgan fingerprint density at radius 2 is 2.13 bits per heavy atom. The van der Waals surface area contributed by atoms with Gasteiger partial charge in [0, 0.05) is 12.0 Å². The van der Waals surface area contributed by atoms with E-state index in [0.717, 1.165) is 19.3 Å². The van der Waals surface area contributed by atoms with E-state index in [-0.39, 0.29) is 30.3 Å². The standard InChI is InChI=1S/C9H16F2N2O.ClH/c10-8(11)5-13-9(14)6-2-1-3-7(12)4-6;/h6-8H,1-5,12H2,(H,13,14);1H. The molecule has 0 bridgehead atoms. The van der Waals surface area contributed by atoms with Crippen molar-refractivity contribution in [3.63, 3.8) is 0 Å². The summed E-state index contributed by atoms with van der Waals surface area (Å²) in [6, 6.07) is 0.0473. The fourth-order valence-corrected chi connectivity index (χ4v) is 1.79. The smallest absolute Gasteiger partial charge is 0.255 e. The highest BCUT2D eigenvalue weighted by Crippen LogP contribution is 2.22. The van der Waals surface area contributed by atoms with Crippen LogP contribution in [0.2, 0.25) is 0 Å². The van der Waals surface area contributed by atoms with Crippen molar-refractivity contribution in [2.75, 3.05) is 6.54 Å². The third-order valence-electron chi connectivity index (χ3n) is 2.52. The van der Waals surface area contributed by atoms with Crippen molar-refractivity contribution in [2.45, 2.75) is 38.2 Å². The lowest BCUT2D eigenvalue weighted by Gasteiger charge is -2.25.